The summed E-state index contributed by atoms with van der Waals surface area (Å²) in [6.45, 7) is 10.5. The van der Waals surface area contributed by atoms with E-state index in [-0.39, 0.29) is 0 Å². The summed E-state index contributed by atoms with van der Waals surface area (Å²) in [6.07, 6.45) is 10.2. The Morgan fingerprint density at radius 2 is 1.75 bits per heavy atom. The van der Waals surface area contributed by atoms with E-state index in [1.165, 1.54) is 12.8 Å². The molecule has 0 aromatic rings. The van der Waals surface area contributed by atoms with Gasteiger partial charge in [0.25, 0.3) is 0 Å². The van der Waals surface area contributed by atoms with Crippen LogP contribution >= 0.6 is 0 Å². The molecule has 0 aromatic carbocycles. The van der Waals surface area contributed by atoms with E-state index >= 15 is 0 Å². The molecular weight excluding hydrogens is 144 g/mol. The first-order valence-corrected chi connectivity index (χ1v) is 4.98. The van der Waals surface area contributed by atoms with Crippen LogP contribution in [0.1, 0.15) is 40.0 Å². The van der Waals surface area contributed by atoms with Gasteiger partial charge in [0.05, 0.1) is 0 Å². The molecule has 70 valence electrons. The molecule has 0 saturated heterocycles. The minimum Gasteiger partial charge on any atom is -0.103 e. The molecule has 0 bridgehead atoms. The molecule has 0 aliphatic heterocycles. The summed E-state index contributed by atoms with van der Waals surface area (Å²) in [5, 5.41) is 0. The minimum atomic E-state index is 0.674. The molecule has 0 aromatic heterocycles. The lowest BCUT2D eigenvalue weighted by Crippen LogP contribution is -1.90. The predicted octanol–water partition coefficient (Wildman–Crippen LogP) is 4.19. The average Bonchev–Trinajstić information content (AvgIpc) is 2.04. The second-order valence-electron chi connectivity index (χ2n) is 3.74. The van der Waals surface area contributed by atoms with E-state index in [0.29, 0.717) is 5.92 Å². The molecule has 0 saturated carbocycles. The predicted molar refractivity (Wildman–Crippen MR) is 57.2 cm³/mol. The minimum absolute atomic E-state index is 0.674. The average molecular weight is 166 g/mol. The molecule has 0 spiro atoms. The van der Waals surface area contributed by atoms with E-state index in [4.69, 9.17) is 0 Å². The van der Waals surface area contributed by atoms with Crippen LogP contribution in [0.15, 0.2) is 24.8 Å². The van der Waals surface area contributed by atoms with Gasteiger partial charge in [0.1, 0.15) is 0 Å². The molecule has 0 heterocycles. The van der Waals surface area contributed by atoms with E-state index in [2.05, 4.69) is 45.6 Å². The topological polar surface area (TPSA) is 0 Å². The third-order valence-corrected chi connectivity index (χ3v) is 2.07. The van der Waals surface area contributed by atoms with Crippen molar-refractivity contribution in [3.63, 3.8) is 0 Å². The van der Waals surface area contributed by atoms with Gasteiger partial charge in [0, 0.05) is 0 Å². The molecule has 0 heteroatoms. The number of hydrogen-bond donors (Lipinski definition) is 0. The Balaban J connectivity index is 3.51. The van der Waals surface area contributed by atoms with Crippen LogP contribution < -0.4 is 0 Å². The maximum absolute atomic E-state index is 3.81. The Kier molecular flexibility index (Phi) is 6.84. The van der Waals surface area contributed by atoms with Crippen molar-refractivity contribution in [2.45, 2.75) is 40.0 Å². The van der Waals surface area contributed by atoms with Crippen molar-refractivity contribution in [1.29, 1.82) is 0 Å². The van der Waals surface area contributed by atoms with Crippen LogP contribution in [0.2, 0.25) is 0 Å². The van der Waals surface area contributed by atoms with E-state index < -0.39 is 0 Å². The van der Waals surface area contributed by atoms with Gasteiger partial charge < -0.3 is 0 Å². The SMILES string of the molecule is C=CC(CC)CC=CCC(C)C. The first-order valence-electron chi connectivity index (χ1n) is 4.98. The highest BCUT2D eigenvalue weighted by atomic mass is 14.0. The van der Waals surface area contributed by atoms with Gasteiger partial charge in [-0.15, -0.1) is 6.58 Å². The Morgan fingerprint density at radius 3 is 2.17 bits per heavy atom. The molecule has 0 aliphatic rings. The lowest BCUT2D eigenvalue weighted by Gasteiger charge is -2.04. The summed E-state index contributed by atoms with van der Waals surface area (Å²) < 4.78 is 0. The van der Waals surface area contributed by atoms with Crippen molar-refractivity contribution in [3.8, 4) is 0 Å². The molecule has 0 fully saturated rings. The second kappa shape index (κ2) is 7.15. The van der Waals surface area contributed by atoms with Crippen LogP contribution in [0, 0.1) is 11.8 Å². The molecule has 0 amide bonds. The van der Waals surface area contributed by atoms with Crippen LogP contribution in [0.3, 0.4) is 0 Å². The summed E-state index contributed by atoms with van der Waals surface area (Å²) in [7, 11) is 0. The van der Waals surface area contributed by atoms with E-state index in [1.807, 2.05) is 0 Å². The van der Waals surface area contributed by atoms with Gasteiger partial charge in [-0.2, -0.15) is 0 Å². The summed E-state index contributed by atoms with van der Waals surface area (Å²) >= 11 is 0. The van der Waals surface area contributed by atoms with Crippen LogP contribution in [0.25, 0.3) is 0 Å². The second-order valence-corrected chi connectivity index (χ2v) is 3.74. The smallest absolute Gasteiger partial charge is 0.0204 e. The van der Waals surface area contributed by atoms with Crippen molar-refractivity contribution >= 4 is 0 Å². The van der Waals surface area contributed by atoms with Gasteiger partial charge in [-0.1, -0.05) is 39.0 Å². The van der Waals surface area contributed by atoms with Gasteiger partial charge in [0.15, 0.2) is 0 Å². The standard InChI is InChI=1S/C12H22/c1-5-12(6-2)10-8-7-9-11(3)4/h5,7-8,11-12H,1,6,9-10H2,2-4H3. The molecule has 0 radical (unpaired) electrons. The third kappa shape index (κ3) is 6.21. The van der Waals surface area contributed by atoms with Crippen molar-refractivity contribution in [2.75, 3.05) is 0 Å². The molecule has 0 nitrogen and oxygen atoms in total. The maximum Gasteiger partial charge on any atom is -0.0204 e. The summed E-state index contributed by atoms with van der Waals surface area (Å²) in [5.74, 6) is 1.46. The third-order valence-electron chi connectivity index (χ3n) is 2.07. The molecule has 0 aliphatic carbocycles. The zero-order valence-electron chi connectivity index (χ0n) is 8.72. The summed E-state index contributed by atoms with van der Waals surface area (Å²) in [5.41, 5.74) is 0. The Bertz CT molecular complexity index is 131. The molecule has 0 rings (SSSR count). The van der Waals surface area contributed by atoms with Crippen molar-refractivity contribution in [2.24, 2.45) is 11.8 Å². The Hall–Kier alpha value is -0.520. The fraction of sp³-hybridized carbons (Fsp3) is 0.667. The van der Waals surface area contributed by atoms with Crippen molar-refractivity contribution < 1.29 is 0 Å². The molecule has 1 unspecified atom stereocenters. The number of rotatable bonds is 6. The van der Waals surface area contributed by atoms with E-state index in [1.54, 1.807) is 0 Å². The fourth-order valence-electron chi connectivity index (χ4n) is 1.07. The quantitative estimate of drug-likeness (QED) is 0.519. The van der Waals surface area contributed by atoms with Crippen LogP contribution in [0.5, 0.6) is 0 Å². The lowest BCUT2D eigenvalue weighted by atomic mass is 10.0. The normalized spacial score (nSPS) is 14.0. The van der Waals surface area contributed by atoms with Crippen LogP contribution in [-0.2, 0) is 0 Å². The van der Waals surface area contributed by atoms with Gasteiger partial charge in [-0.25, -0.2) is 0 Å². The monoisotopic (exact) mass is 166 g/mol. The highest BCUT2D eigenvalue weighted by molar-refractivity contribution is 4.89. The first kappa shape index (κ1) is 11.5. The highest BCUT2D eigenvalue weighted by Crippen LogP contribution is 2.10. The van der Waals surface area contributed by atoms with Crippen LogP contribution in [-0.4, -0.2) is 0 Å². The fourth-order valence-corrected chi connectivity index (χ4v) is 1.07. The van der Waals surface area contributed by atoms with Gasteiger partial charge in [-0.05, 0) is 31.1 Å². The largest absolute Gasteiger partial charge is 0.103 e. The Morgan fingerprint density at radius 1 is 1.17 bits per heavy atom. The number of allylic oxidation sites excluding steroid dienone is 3. The Labute approximate surface area is 77.4 Å². The molecule has 1 atom stereocenters. The molecular formula is C12H22. The van der Waals surface area contributed by atoms with E-state index in [9.17, 15) is 0 Å². The highest BCUT2D eigenvalue weighted by Gasteiger charge is 1.96. The van der Waals surface area contributed by atoms with Crippen molar-refractivity contribution in [1.82, 2.24) is 0 Å². The first-order chi connectivity index (χ1) is 5.70. The molecule has 12 heavy (non-hydrogen) atoms. The molecule has 0 N–H and O–H groups in total. The van der Waals surface area contributed by atoms with Crippen molar-refractivity contribution in [3.05, 3.63) is 24.8 Å². The summed E-state index contributed by atoms with van der Waals surface area (Å²) in [6, 6.07) is 0. The number of hydrogen-bond acceptors (Lipinski definition) is 0. The maximum atomic E-state index is 3.81. The van der Waals surface area contributed by atoms with Gasteiger partial charge in [-0.3, -0.25) is 0 Å². The zero-order chi connectivity index (χ0) is 9.40. The van der Waals surface area contributed by atoms with Gasteiger partial charge >= 0.3 is 0 Å². The summed E-state index contributed by atoms with van der Waals surface area (Å²) in [4.78, 5) is 0. The van der Waals surface area contributed by atoms with E-state index in [0.717, 1.165) is 12.3 Å². The zero-order valence-corrected chi connectivity index (χ0v) is 8.72. The van der Waals surface area contributed by atoms with Crippen LogP contribution in [0.4, 0.5) is 0 Å². The van der Waals surface area contributed by atoms with Gasteiger partial charge in [0.2, 0.25) is 0 Å². The lowest BCUT2D eigenvalue weighted by molar-refractivity contribution is 0.630.